The number of aromatic nitrogens is 5. The molecule has 0 aliphatic carbocycles. The molecule has 3 aromatic rings. The van der Waals surface area contributed by atoms with Gasteiger partial charge in [-0.2, -0.15) is 23.4 Å². The van der Waals surface area contributed by atoms with Gasteiger partial charge in [0.25, 0.3) is 5.91 Å². The van der Waals surface area contributed by atoms with Gasteiger partial charge in [0.1, 0.15) is 6.54 Å². The van der Waals surface area contributed by atoms with Gasteiger partial charge in [-0.15, -0.1) is 0 Å². The standard InChI is InChI=1S/C16H17F3N6O/c1-4-25-14-13(10(3)23-25)12(5-9(2)21-14)15(26)22-11-6-20-24(7-11)8-16(17,18)19/h5-7H,4,8H2,1-3H3,(H,22,26). The van der Waals surface area contributed by atoms with E-state index in [1.54, 1.807) is 24.6 Å². The Bertz CT molecular complexity index is 972. The summed E-state index contributed by atoms with van der Waals surface area (Å²) >= 11 is 0. The number of carbonyl (C=O) groups excluding carboxylic acids is 1. The SMILES string of the molecule is CCn1nc(C)c2c(C(=O)Nc3cnn(CC(F)(F)F)c3)cc(C)nc21. The van der Waals surface area contributed by atoms with Crippen LogP contribution < -0.4 is 5.32 Å². The summed E-state index contributed by atoms with van der Waals surface area (Å²) in [6.07, 6.45) is -2.07. The van der Waals surface area contributed by atoms with Gasteiger partial charge in [0, 0.05) is 18.4 Å². The fourth-order valence-corrected chi connectivity index (χ4v) is 2.77. The molecular formula is C16H17F3N6O. The minimum Gasteiger partial charge on any atom is -0.319 e. The second-order valence-corrected chi connectivity index (χ2v) is 5.91. The van der Waals surface area contributed by atoms with Crippen molar-refractivity contribution in [3.63, 3.8) is 0 Å². The first-order valence-electron chi connectivity index (χ1n) is 7.93. The van der Waals surface area contributed by atoms with Crippen LogP contribution in [0.5, 0.6) is 0 Å². The number of pyridine rings is 1. The molecule has 0 unspecified atom stereocenters. The molecule has 10 heteroatoms. The molecule has 0 atom stereocenters. The van der Waals surface area contributed by atoms with Crippen LogP contribution in [0.15, 0.2) is 18.5 Å². The number of nitrogens with zero attached hydrogens (tertiary/aromatic N) is 5. The molecule has 0 aliphatic heterocycles. The van der Waals surface area contributed by atoms with Crippen molar-refractivity contribution in [3.05, 3.63) is 35.4 Å². The van der Waals surface area contributed by atoms with Crippen LogP contribution in [-0.2, 0) is 13.1 Å². The summed E-state index contributed by atoms with van der Waals surface area (Å²) in [5, 5.41) is 11.2. The van der Waals surface area contributed by atoms with Crippen molar-refractivity contribution >= 4 is 22.6 Å². The number of nitrogens with one attached hydrogen (secondary N) is 1. The minimum absolute atomic E-state index is 0.183. The second-order valence-electron chi connectivity index (χ2n) is 5.91. The number of alkyl halides is 3. The number of anilines is 1. The maximum absolute atomic E-state index is 12.7. The predicted molar refractivity (Wildman–Crippen MR) is 88.9 cm³/mol. The van der Waals surface area contributed by atoms with Crippen molar-refractivity contribution in [2.45, 2.75) is 40.0 Å². The van der Waals surface area contributed by atoms with Gasteiger partial charge in [-0.1, -0.05) is 0 Å². The van der Waals surface area contributed by atoms with Gasteiger partial charge in [0.2, 0.25) is 0 Å². The Kier molecular flexibility index (Phi) is 4.43. The largest absolute Gasteiger partial charge is 0.408 e. The highest BCUT2D eigenvalue weighted by Crippen LogP contribution is 2.24. The van der Waals surface area contributed by atoms with Gasteiger partial charge in [0.15, 0.2) is 5.65 Å². The summed E-state index contributed by atoms with van der Waals surface area (Å²) in [4.78, 5) is 17.1. The lowest BCUT2D eigenvalue weighted by atomic mass is 10.1. The molecular weight excluding hydrogens is 349 g/mol. The molecule has 3 rings (SSSR count). The molecule has 7 nitrogen and oxygen atoms in total. The van der Waals surface area contributed by atoms with Crippen LogP contribution >= 0.6 is 0 Å². The molecule has 0 aliphatic rings. The van der Waals surface area contributed by atoms with Crippen LogP contribution in [0.4, 0.5) is 18.9 Å². The molecule has 0 bridgehead atoms. The third kappa shape index (κ3) is 3.53. The third-order valence-corrected chi connectivity index (χ3v) is 3.78. The van der Waals surface area contributed by atoms with E-state index in [2.05, 4.69) is 20.5 Å². The number of hydrogen-bond donors (Lipinski definition) is 1. The van der Waals surface area contributed by atoms with Crippen LogP contribution in [0.25, 0.3) is 11.0 Å². The fourth-order valence-electron chi connectivity index (χ4n) is 2.77. The summed E-state index contributed by atoms with van der Waals surface area (Å²) in [7, 11) is 0. The van der Waals surface area contributed by atoms with Gasteiger partial charge in [-0.05, 0) is 26.8 Å². The lowest BCUT2D eigenvalue weighted by Crippen LogP contribution is -2.18. The van der Waals surface area contributed by atoms with Crippen LogP contribution in [0.1, 0.15) is 28.7 Å². The van der Waals surface area contributed by atoms with E-state index in [1.807, 2.05) is 6.92 Å². The van der Waals surface area contributed by atoms with Crippen molar-refractivity contribution in [1.82, 2.24) is 24.5 Å². The number of carbonyl (C=O) groups is 1. The average molecular weight is 366 g/mol. The van der Waals surface area contributed by atoms with E-state index in [1.165, 1.54) is 6.20 Å². The molecule has 0 fully saturated rings. The molecule has 1 amide bonds. The van der Waals surface area contributed by atoms with Gasteiger partial charge in [-0.25, -0.2) is 9.67 Å². The molecule has 0 saturated heterocycles. The Labute approximate surface area is 146 Å². The fraction of sp³-hybridized carbons (Fsp3) is 0.375. The van der Waals surface area contributed by atoms with Gasteiger partial charge < -0.3 is 5.32 Å². The molecule has 0 radical (unpaired) electrons. The highest BCUT2D eigenvalue weighted by molar-refractivity contribution is 6.12. The van der Waals surface area contributed by atoms with E-state index < -0.39 is 18.6 Å². The Morgan fingerprint density at radius 1 is 1.31 bits per heavy atom. The summed E-state index contributed by atoms with van der Waals surface area (Å²) in [5.41, 5.74) is 2.45. The van der Waals surface area contributed by atoms with Crippen LogP contribution in [0, 0.1) is 13.8 Å². The second kappa shape index (κ2) is 6.43. The predicted octanol–water partition coefficient (Wildman–Crippen LogP) is 3.08. The van der Waals surface area contributed by atoms with E-state index in [0.717, 1.165) is 10.9 Å². The van der Waals surface area contributed by atoms with Gasteiger partial charge >= 0.3 is 6.18 Å². The molecule has 0 aromatic carbocycles. The maximum atomic E-state index is 12.7. The molecule has 1 N–H and O–H groups in total. The molecule has 3 aromatic heterocycles. The zero-order valence-electron chi connectivity index (χ0n) is 14.4. The molecule has 0 saturated carbocycles. The number of hydrogen-bond acceptors (Lipinski definition) is 4. The van der Waals surface area contributed by atoms with E-state index in [0.29, 0.717) is 34.5 Å². The minimum atomic E-state index is -4.38. The van der Waals surface area contributed by atoms with Crippen molar-refractivity contribution in [2.24, 2.45) is 0 Å². The number of aryl methyl sites for hydroxylation is 3. The number of rotatable bonds is 4. The van der Waals surface area contributed by atoms with Crippen LogP contribution in [-0.4, -0.2) is 36.6 Å². The van der Waals surface area contributed by atoms with Gasteiger partial charge in [-0.3, -0.25) is 9.48 Å². The van der Waals surface area contributed by atoms with E-state index in [4.69, 9.17) is 0 Å². The summed E-state index contributed by atoms with van der Waals surface area (Å²) in [5.74, 6) is -0.453. The van der Waals surface area contributed by atoms with Crippen LogP contribution in [0.3, 0.4) is 0 Å². The Morgan fingerprint density at radius 2 is 2.04 bits per heavy atom. The molecule has 0 spiro atoms. The summed E-state index contributed by atoms with van der Waals surface area (Å²) in [6.45, 7) is 4.85. The Balaban J connectivity index is 1.92. The quantitative estimate of drug-likeness (QED) is 0.770. The molecule has 3 heterocycles. The highest BCUT2D eigenvalue weighted by atomic mass is 19.4. The summed E-state index contributed by atoms with van der Waals surface area (Å²) < 4.78 is 39.7. The first-order chi connectivity index (χ1) is 12.2. The number of halogens is 3. The first-order valence-corrected chi connectivity index (χ1v) is 7.93. The van der Waals surface area contributed by atoms with Crippen molar-refractivity contribution in [1.29, 1.82) is 0 Å². The Hall–Kier alpha value is -2.91. The maximum Gasteiger partial charge on any atom is 0.408 e. The lowest BCUT2D eigenvalue weighted by molar-refractivity contribution is -0.142. The Morgan fingerprint density at radius 3 is 2.69 bits per heavy atom. The van der Waals surface area contributed by atoms with Crippen molar-refractivity contribution in [2.75, 3.05) is 5.32 Å². The van der Waals surface area contributed by atoms with Crippen molar-refractivity contribution in [3.8, 4) is 0 Å². The topological polar surface area (TPSA) is 77.6 Å². The average Bonchev–Trinajstić information content (AvgIpc) is 3.09. The monoisotopic (exact) mass is 366 g/mol. The zero-order valence-corrected chi connectivity index (χ0v) is 14.4. The highest BCUT2D eigenvalue weighted by Gasteiger charge is 2.28. The lowest BCUT2D eigenvalue weighted by Gasteiger charge is -2.07. The van der Waals surface area contributed by atoms with E-state index >= 15 is 0 Å². The zero-order chi connectivity index (χ0) is 19.1. The number of amides is 1. The first kappa shape index (κ1) is 17.9. The summed E-state index contributed by atoms with van der Waals surface area (Å²) in [6, 6.07) is 1.63. The molecule has 138 valence electrons. The molecule has 26 heavy (non-hydrogen) atoms. The van der Waals surface area contributed by atoms with E-state index in [9.17, 15) is 18.0 Å². The third-order valence-electron chi connectivity index (χ3n) is 3.78. The number of fused-ring (bicyclic) bond motifs is 1. The van der Waals surface area contributed by atoms with E-state index in [-0.39, 0.29) is 5.69 Å². The normalized spacial score (nSPS) is 11.9. The van der Waals surface area contributed by atoms with Crippen molar-refractivity contribution < 1.29 is 18.0 Å². The smallest absolute Gasteiger partial charge is 0.319 e. The van der Waals surface area contributed by atoms with Crippen LogP contribution in [0.2, 0.25) is 0 Å². The van der Waals surface area contributed by atoms with Gasteiger partial charge in [0.05, 0.1) is 28.5 Å².